The minimum absolute atomic E-state index is 0.0435. The fourth-order valence-electron chi connectivity index (χ4n) is 2.26. The smallest absolute Gasteiger partial charge is 0.263 e. The first-order valence-corrected chi connectivity index (χ1v) is 5.94. The number of hydrogen-bond donors (Lipinski definition) is 5. The number of nitrogens with two attached hydrogens (primary N) is 1. The molecule has 0 aromatic heterocycles. The Kier molecular flexibility index (Phi) is 3.68. The first-order valence-electron chi connectivity index (χ1n) is 5.94. The Morgan fingerprint density at radius 2 is 2.20 bits per heavy atom. The lowest BCUT2D eigenvalue weighted by molar-refractivity contribution is -0.182. The van der Waals surface area contributed by atoms with Gasteiger partial charge in [0.25, 0.3) is 5.72 Å². The SMILES string of the molecule is CC(O)C1OC(C#N)(N2C=CC(N)=NC2O)C(O)C1O. The lowest BCUT2D eigenvalue weighted by Crippen LogP contribution is -2.58. The molecule has 2 aliphatic heterocycles. The Hall–Kier alpha value is -1.70. The standard InChI is InChI=1S/C11H16N4O5/c1-5(16)8-7(17)9(18)11(4-12,20-8)15-3-2-6(13)14-10(15)19/h2-3,5,7-10,16-19H,1H3,(H2,13,14). The van der Waals surface area contributed by atoms with Crippen LogP contribution in [0.15, 0.2) is 17.3 Å². The predicted molar refractivity (Wildman–Crippen MR) is 65.5 cm³/mol. The van der Waals surface area contributed by atoms with Crippen molar-refractivity contribution in [2.45, 2.75) is 43.4 Å². The molecule has 0 aromatic rings. The molecule has 0 aromatic carbocycles. The topological polar surface area (TPSA) is 156 Å². The average molecular weight is 284 g/mol. The van der Waals surface area contributed by atoms with Crippen molar-refractivity contribution in [3.05, 3.63) is 12.3 Å². The molecule has 6 atom stereocenters. The van der Waals surface area contributed by atoms with Crippen LogP contribution in [0.25, 0.3) is 0 Å². The van der Waals surface area contributed by atoms with E-state index in [1.54, 1.807) is 6.07 Å². The van der Waals surface area contributed by atoms with E-state index in [1.165, 1.54) is 19.2 Å². The molecule has 2 aliphatic rings. The zero-order chi connectivity index (χ0) is 15.1. The van der Waals surface area contributed by atoms with Gasteiger partial charge in [-0.15, -0.1) is 0 Å². The van der Waals surface area contributed by atoms with Gasteiger partial charge in [-0.1, -0.05) is 0 Å². The number of nitrogens with zero attached hydrogens (tertiary/aromatic N) is 3. The second-order valence-corrected chi connectivity index (χ2v) is 4.69. The van der Waals surface area contributed by atoms with Crippen molar-refractivity contribution in [3.63, 3.8) is 0 Å². The minimum Gasteiger partial charge on any atom is -0.391 e. The quantitative estimate of drug-likeness (QED) is 0.363. The fourth-order valence-corrected chi connectivity index (χ4v) is 2.26. The molecule has 9 nitrogen and oxygen atoms in total. The number of aliphatic imine (C=N–C) groups is 1. The predicted octanol–water partition coefficient (Wildman–Crippen LogP) is -2.83. The zero-order valence-corrected chi connectivity index (χ0v) is 10.7. The van der Waals surface area contributed by atoms with Crippen LogP contribution in [0.4, 0.5) is 0 Å². The lowest BCUT2D eigenvalue weighted by Gasteiger charge is -2.39. The molecular weight excluding hydrogens is 268 g/mol. The van der Waals surface area contributed by atoms with E-state index in [0.717, 1.165) is 4.90 Å². The van der Waals surface area contributed by atoms with Gasteiger partial charge in [-0.3, -0.25) is 4.90 Å². The average Bonchev–Trinajstić information content (AvgIpc) is 2.64. The Bertz CT molecular complexity index is 488. The maximum atomic E-state index is 10.1. The van der Waals surface area contributed by atoms with Crippen LogP contribution in [-0.4, -0.2) is 67.7 Å². The molecule has 20 heavy (non-hydrogen) atoms. The van der Waals surface area contributed by atoms with Crippen LogP contribution >= 0.6 is 0 Å². The van der Waals surface area contributed by atoms with Crippen LogP contribution in [-0.2, 0) is 4.74 Å². The fraction of sp³-hybridized carbons (Fsp3) is 0.636. The van der Waals surface area contributed by atoms with Gasteiger partial charge in [0, 0.05) is 6.20 Å². The summed E-state index contributed by atoms with van der Waals surface area (Å²) in [6.07, 6.45) is -4.45. The largest absolute Gasteiger partial charge is 0.391 e. The summed E-state index contributed by atoms with van der Waals surface area (Å²) in [6.45, 7) is 1.35. The van der Waals surface area contributed by atoms with E-state index in [1.807, 2.05) is 0 Å². The second kappa shape index (κ2) is 5.01. The molecule has 0 amide bonds. The van der Waals surface area contributed by atoms with Crippen LogP contribution in [0.1, 0.15) is 6.92 Å². The Morgan fingerprint density at radius 3 is 2.65 bits per heavy atom. The van der Waals surface area contributed by atoms with E-state index in [9.17, 15) is 25.7 Å². The molecule has 6 N–H and O–H groups in total. The number of amidine groups is 1. The number of ether oxygens (including phenoxy) is 1. The summed E-state index contributed by atoms with van der Waals surface area (Å²) in [5, 5.41) is 48.7. The van der Waals surface area contributed by atoms with Gasteiger partial charge in [-0.2, -0.15) is 5.26 Å². The molecule has 110 valence electrons. The number of hydrogen-bond acceptors (Lipinski definition) is 9. The van der Waals surface area contributed by atoms with Crippen LogP contribution in [0, 0.1) is 11.3 Å². The number of aliphatic hydroxyl groups excluding tert-OH is 4. The molecule has 0 spiro atoms. The summed E-state index contributed by atoms with van der Waals surface area (Å²) < 4.78 is 5.32. The van der Waals surface area contributed by atoms with Gasteiger partial charge in [0.15, 0.2) is 0 Å². The van der Waals surface area contributed by atoms with E-state index >= 15 is 0 Å². The molecule has 1 saturated heterocycles. The molecule has 2 heterocycles. The molecule has 2 rings (SSSR count). The Labute approximate surface area is 114 Å². The highest BCUT2D eigenvalue weighted by Crippen LogP contribution is 2.37. The summed E-state index contributed by atoms with van der Waals surface area (Å²) in [5.41, 5.74) is 3.34. The van der Waals surface area contributed by atoms with Crippen molar-refractivity contribution in [2.24, 2.45) is 10.7 Å². The van der Waals surface area contributed by atoms with Gasteiger partial charge in [0.2, 0.25) is 6.35 Å². The maximum absolute atomic E-state index is 10.1. The normalized spacial score (nSPS) is 42.2. The van der Waals surface area contributed by atoms with E-state index in [4.69, 9.17) is 10.5 Å². The molecule has 0 radical (unpaired) electrons. The monoisotopic (exact) mass is 284 g/mol. The van der Waals surface area contributed by atoms with Gasteiger partial charge in [-0.05, 0) is 13.0 Å². The van der Waals surface area contributed by atoms with Gasteiger partial charge in [-0.25, -0.2) is 4.99 Å². The van der Waals surface area contributed by atoms with Crippen molar-refractivity contribution in [2.75, 3.05) is 0 Å². The molecule has 0 saturated carbocycles. The van der Waals surface area contributed by atoms with Crippen LogP contribution in [0.2, 0.25) is 0 Å². The highest BCUT2D eigenvalue weighted by Gasteiger charge is 2.60. The highest BCUT2D eigenvalue weighted by molar-refractivity contribution is 5.91. The number of nitriles is 1. The zero-order valence-electron chi connectivity index (χ0n) is 10.7. The summed E-state index contributed by atoms with van der Waals surface area (Å²) in [5.74, 6) is 0.0435. The summed E-state index contributed by atoms with van der Waals surface area (Å²) in [4.78, 5) is 4.56. The van der Waals surface area contributed by atoms with Crippen molar-refractivity contribution in [3.8, 4) is 6.07 Å². The van der Waals surface area contributed by atoms with Gasteiger partial charge in [0.1, 0.15) is 30.2 Å². The van der Waals surface area contributed by atoms with E-state index in [0.29, 0.717) is 0 Å². The maximum Gasteiger partial charge on any atom is 0.263 e. The van der Waals surface area contributed by atoms with Crippen LogP contribution in [0.5, 0.6) is 0 Å². The minimum atomic E-state index is -2.07. The van der Waals surface area contributed by atoms with Crippen LogP contribution in [0.3, 0.4) is 0 Å². The van der Waals surface area contributed by atoms with E-state index in [2.05, 4.69) is 4.99 Å². The highest BCUT2D eigenvalue weighted by atomic mass is 16.6. The van der Waals surface area contributed by atoms with E-state index in [-0.39, 0.29) is 5.84 Å². The third-order valence-corrected chi connectivity index (χ3v) is 3.32. The van der Waals surface area contributed by atoms with Crippen molar-refractivity contribution in [1.82, 2.24) is 4.90 Å². The number of aliphatic hydroxyl groups is 4. The molecule has 6 unspecified atom stereocenters. The van der Waals surface area contributed by atoms with Gasteiger partial charge >= 0.3 is 0 Å². The van der Waals surface area contributed by atoms with Gasteiger partial charge < -0.3 is 30.9 Å². The van der Waals surface area contributed by atoms with Crippen molar-refractivity contribution >= 4 is 5.84 Å². The Balaban J connectivity index is 2.37. The summed E-state index contributed by atoms with van der Waals surface area (Å²) in [6, 6.07) is 1.72. The number of rotatable bonds is 2. The third-order valence-electron chi connectivity index (χ3n) is 3.32. The van der Waals surface area contributed by atoms with E-state index < -0.39 is 36.5 Å². The molecular formula is C11H16N4O5. The summed E-state index contributed by atoms with van der Waals surface area (Å²) >= 11 is 0. The molecule has 0 bridgehead atoms. The second-order valence-electron chi connectivity index (χ2n) is 4.69. The van der Waals surface area contributed by atoms with Gasteiger partial charge in [0.05, 0.1) is 6.10 Å². The van der Waals surface area contributed by atoms with Crippen molar-refractivity contribution < 1.29 is 25.2 Å². The third kappa shape index (κ3) is 2.04. The van der Waals surface area contributed by atoms with Crippen LogP contribution < -0.4 is 5.73 Å². The Morgan fingerprint density at radius 1 is 1.55 bits per heavy atom. The summed E-state index contributed by atoms with van der Waals surface area (Å²) in [7, 11) is 0. The molecule has 1 fully saturated rings. The molecule has 9 heteroatoms. The molecule has 0 aliphatic carbocycles. The lowest BCUT2D eigenvalue weighted by atomic mass is 10.0. The van der Waals surface area contributed by atoms with Crippen molar-refractivity contribution in [1.29, 1.82) is 5.26 Å². The first-order chi connectivity index (χ1) is 9.33. The first kappa shape index (κ1) is 14.7.